The molecule has 1 aliphatic rings. The van der Waals surface area contributed by atoms with Crippen molar-refractivity contribution in [1.29, 1.82) is 0 Å². The standard InChI is InChI=1S/C15H17BrN6O/c16-12-9-19-14(17)13(21-12)15(23)20-10-3-1-2-4-11(10)22-7-5-18-6-8-22/h1-4,9,18H,5-8H2,(H2,17,19)(H,20,23). The summed E-state index contributed by atoms with van der Waals surface area (Å²) in [7, 11) is 0. The number of piperazine rings is 1. The minimum Gasteiger partial charge on any atom is -0.382 e. The molecule has 23 heavy (non-hydrogen) atoms. The molecular weight excluding hydrogens is 360 g/mol. The molecule has 0 unspecified atom stereocenters. The van der Waals surface area contributed by atoms with Crippen molar-refractivity contribution >= 4 is 39.0 Å². The number of anilines is 3. The number of nitrogens with one attached hydrogen (secondary N) is 2. The normalized spacial score (nSPS) is 14.6. The number of carbonyl (C=O) groups is 1. The zero-order chi connectivity index (χ0) is 16.2. The van der Waals surface area contributed by atoms with Crippen molar-refractivity contribution in [2.45, 2.75) is 0 Å². The van der Waals surface area contributed by atoms with Crippen LogP contribution < -0.4 is 21.3 Å². The number of carbonyl (C=O) groups excluding carboxylic acids is 1. The van der Waals surface area contributed by atoms with Gasteiger partial charge in [0.2, 0.25) is 0 Å². The molecule has 0 bridgehead atoms. The predicted molar refractivity (Wildman–Crippen MR) is 93.6 cm³/mol. The summed E-state index contributed by atoms with van der Waals surface area (Å²) in [5.74, 6) is -0.274. The Morgan fingerprint density at radius 2 is 2.04 bits per heavy atom. The van der Waals surface area contributed by atoms with Gasteiger partial charge in [-0.05, 0) is 28.1 Å². The summed E-state index contributed by atoms with van der Waals surface area (Å²) < 4.78 is 0.465. The van der Waals surface area contributed by atoms with Gasteiger partial charge in [0.15, 0.2) is 11.5 Å². The third-order valence-electron chi connectivity index (χ3n) is 3.60. The number of halogens is 1. The van der Waals surface area contributed by atoms with Gasteiger partial charge in [-0.25, -0.2) is 9.97 Å². The summed E-state index contributed by atoms with van der Waals surface area (Å²) >= 11 is 3.20. The van der Waals surface area contributed by atoms with Crippen LogP contribution in [0, 0.1) is 0 Å². The lowest BCUT2D eigenvalue weighted by Gasteiger charge is -2.31. The van der Waals surface area contributed by atoms with E-state index in [0.29, 0.717) is 4.60 Å². The van der Waals surface area contributed by atoms with Gasteiger partial charge in [0.05, 0.1) is 17.6 Å². The van der Waals surface area contributed by atoms with Crippen LogP contribution in [0.15, 0.2) is 35.1 Å². The maximum Gasteiger partial charge on any atom is 0.278 e. The Kier molecular flexibility index (Phi) is 4.73. The number of hydrogen-bond acceptors (Lipinski definition) is 6. The van der Waals surface area contributed by atoms with Crippen LogP contribution in [0.5, 0.6) is 0 Å². The molecule has 1 aliphatic heterocycles. The fourth-order valence-electron chi connectivity index (χ4n) is 2.49. The first-order valence-electron chi connectivity index (χ1n) is 7.29. The third-order valence-corrected chi connectivity index (χ3v) is 3.98. The lowest BCUT2D eigenvalue weighted by Crippen LogP contribution is -2.43. The molecule has 0 saturated carbocycles. The summed E-state index contributed by atoms with van der Waals surface area (Å²) in [6, 6.07) is 7.71. The zero-order valence-corrected chi connectivity index (χ0v) is 14.0. The van der Waals surface area contributed by atoms with Crippen molar-refractivity contribution in [2.24, 2.45) is 0 Å². The van der Waals surface area contributed by atoms with E-state index in [0.717, 1.165) is 37.6 Å². The number of hydrogen-bond donors (Lipinski definition) is 3. The molecule has 7 nitrogen and oxygen atoms in total. The zero-order valence-electron chi connectivity index (χ0n) is 12.4. The first-order valence-corrected chi connectivity index (χ1v) is 8.08. The van der Waals surface area contributed by atoms with Crippen LogP contribution in [0.1, 0.15) is 10.5 Å². The van der Waals surface area contributed by atoms with Gasteiger partial charge in [-0.3, -0.25) is 4.79 Å². The molecule has 1 saturated heterocycles. The highest BCUT2D eigenvalue weighted by Crippen LogP contribution is 2.26. The monoisotopic (exact) mass is 376 g/mol. The Labute approximate surface area is 142 Å². The molecule has 2 heterocycles. The van der Waals surface area contributed by atoms with Crippen LogP contribution >= 0.6 is 15.9 Å². The third kappa shape index (κ3) is 3.59. The van der Waals surface area contributed by atoms with Gasteiger partial charge in [-0.2, -0.15) is 0 Å². The Morgan fingerprint density at radius 3 is 2.83 bits per heavy atom. The number of aromatic nitrogens is 2. The van der Waals surface area contributed by atoms with Crippen LogP contribution in [0.3, 0.4) is 0 Å². The largest absolute Gasteiger partial charge is 0.382 e. The molecule has 120 valence electrons. The average molecular weight is 377 g/mol. The van der Waals surface area contributed by atoms with Crippen molar-refractivity contribution in [3.8, 4) is 0 Å². The second-order valence-electron chi connectivity index (χ2n) is 5.13. The van der Waals surface area contributed by atoms with Crippen molar-refractivity contribution < 1.29 is 4.79 Å². The summed E-state index contributed by atoms with van der Waals surface area (Å²) in [4.78, 5) is 22.8. The number of amides is 1. The molecule has 0 atom stereocenters. The van der Waals surface area contributed by atoms with E-state index in [2.05, 4.69) is 41.4 Å². The molecule has 1 aromatic carbocycles. The number of benzene rings is 1. The predicted octanol–water partition coefficient (Wildman–Crippen LogP) is 1.48. The molecule has 1 fully saturated rings. The Balaban J connectivity index is 1.85. The van der Waals surface area contributed by atoms with Crippen LogP contribution in [-0.4, -0.2) is 42.1 Å². The van der Waals surface area contributed by atoms with Gasteiger partial charge >= 0.3 is 0 Å². The molecule has 1 aromatic heterocycles. The van der Waals surface area contributed by atoms with Gasteiger partial charge in [0.1, 0.15) is 4.60 Å². The number of nitrogens with two attached hydrogens (primary N) is 1. The van der Waals surface area contributed by atoms with E-state index in [4.69, 9.17) is 5.73 Å². The minimum absolute atomic E-state index is 0.102. The number of nitrogen functional groups attached to an aromatic ring is 1. The second-order valence-corrected chi connectivity index (χ2v) is 5.95. The van der Waals surface area contributed by atoms with Crippen molar-refractivity contribution in [1.82, 2.24) is 15.3 Å². The van der Waals surface area contributed by atoms with Crippen molar-refractivity contribution in [2.75, 3.05) is 42.1 Å². The molecule has 0 radical (unpaired) electrons. The highest BCUT2D eigenvalue weighted by molar-refractivity contribution is 9.10. The molecule has 0 spiro atoms. The number of rotatable bonds is 3. The molecule has 1 amide bonds. The highest BCUT2D eigenvalue weighted by Gasteiger charge is 2.18. The summed E-state index contributed by atoms with van der Waals surface area (Å²) in [6.07, 6.45) is 1.46. The van der Waals surface area contributed by atoms with E-state index >= 15 is 0 Å². The van der Waals surface area contributed by atoms with E-state index < -0.39 is 0 Å². The quantitative estimate of drug-likeness (QED) is 0.750. The molecule has 4 N–H and O–H groups in total. The average Bonchev–Trinajstić information content (AvgIpc) is 2.58. The van der Waals surface area contributed by atoms with Crippen molar-refractivity contribution in [3.05, 3.63) is 40.8 Å². The molecule has 2 aromatic rings. The Morgan fingerprint density at radius 1 is 1.30 bits per heavy atom. The lowest BCUT2D eigenvalue weighted by molar-refractivity contribution is 0.102. The molecular formula is C15H17BrN6O. The van der Waals surface area contributed by atoms with E-state index in [1.54, 1.807) is 0 Å². The maximum atomic E-state index is 12.5. The summed E-state index contributed by atoms with van der Waals surface area (Å²) in [5.41, 5.74) is 7.58. The van der Waals surface area contributed by atoms with E-state index in [1.165, 1.54) is 6.20 Å². The fraction of sp³-hybridized carbons (Fsp3) is 0.267. The van der Waals surface area contributed by atoms with E-state index in [-0.39, 0.29) is 17.4 Å². The van der Waals surface area contributed by atoms with E-state index in [1.807, 2.05) is 24.3 Å². The van der Waals surface area contributed by atoms with Gasteiger partial charge in [0, 0.05) is 26.2 Å². The molecule has 0 aliphatic carbocycles. The van der Waals surface area contributed by atoms with Crippen LogP contribution in [0.25, 0.3) is 0 Å². The summed E-state index contributed by atoms with van der Waals surface area (Å²) in [6.45, 7) is 3.64. The maximum absolute atomic E-state index is 12.5. The van der Waals surface area contributed by atoms with Gasteiger partial charge < -0.3 is 21.3 Å². The lowest BCUT2D eigenvalue weighted by atomic mass is 10.2. The number of nitrogens with zero attached hydrogens (tertiary/aromatic N) is 3. The highest BCUT2D eigenvalue weighted by atomic mass is 79.9. The molecule has 8 heteroatoms. The first-order chi connectivity index (χ1) is 11.1. The topological polar surface area (TPSA) is 96.2 Å². The minimum atomic E-state index is -0.376. The molecule has 3 rings (SSSR count). The Bertz CT molecular complexity index is 717. The first kappa shape index (κ1) is 15.7. The van der Waals surface area contributed by atoms with E-state index in [9.17, 15) is 4.79 Å². The van der Waals surface area contributed by atoms with Gasteiger partial charge in [0.25, 0.3) is 5.91 Å². The fourth-order valence-corrected chi connectivity index (χ4v) is 2.77. The van der Waals surface area contributed by atoms with Crippen LogP contribution in [-0.2, 0) is 0 Å². The SMILES string of the molecule is Nc1ncc(Br)nc1C(=O)Nc1ccccc1N1CCNCC1. The van der Waals surface area contributed by atoms with Crippen LogP contribution in [0.4, 0.5) is 17.2 Å². The van der Waals surface area contributed by atoms with Gasteiger partial charge in [-0.15, -0.1) is 0 Å². The van der Waals surface area contributed by atoms with Crippen molar-refractivity contribution in [3.63, 3.8) is 0 Å². The van der Waals surface area contributed by atoms with Gasteiger partial charge in [-0.1, -0.05) is 12.1 Å². The second kappa shape index (κ2) is 6.93. The Hall–Kier alpha value is -2.19. The van der Waals surface area contributed by atoms with Crippen LogP contribution in [0.2, 0.25) is 0 Å². The number of para-hydroxylation sites is 2. The smallest absolute Gasteiger partial charge is 0.278 e. The summed E-state index contributed by atoms with van der Waals surface area (Å²) in [5, 5.41) is 6.20.